The summed E-state index contributed by atoms with van der Waals surface area (Å²) in [6.45, 7) is 6.32. The second-order valence-electron chi connectivity index (χ2n) is 12.8. The van der Waals surface area contributed by atoms with Gasteiger partial charge in [0.15, 0.2) is 0 Å². The lowest BCUT2D eigenvalue weighted by Gasteiger charge is -2.12. The van der Waals surface area contributed by atoms with Crippen molar-refractivity contribution in [3.05, 3.63) is 188 Å². The number of allylic oxidation sites excluding steroid dienone is 1. The van der Waals surface area contributed by atoms with Crippen LogP contribution in [-0.4, -0.2) is 14.1 Å². The highest BCUT2D eigenvalue weighted by atomic mass is 15.1. The van der Waals surface area contributed by atoms with Crippen LogP contribution in [-0.2, 0) is 0 Å². The van der Waals surface area contributed by atoms with Crippen molar-refractivity contribution < 1.29 is 0 Å². The van der Waals surface area contributed by atoms with Crippen molar-refractivity contribution in [2.75, 3.05) is 0 Å². The monoisotopic (exact) mass is 653 g/mol. The lowest BCUT2D eigenvalue weighted by Crippen LogP contribution is -1.98. The second kappa shape index (κ2) is 12.6. The van der Waals surface area contributed by atoms with Gasteiger partial charge in [0.25, 0.3) is 0 Å². The molecule has 3 aromatic heterocycles. The molecule has 0 N–H and O–H groups in total. The lowest BCUT2D eigenvalue weighted by atomic mass is 9.94. The first-order valence-electron chi connectivity index (χ1n) is 17.4. The van der Waals surface area contributed by atoms with Crippen LogP contribution in [0, 0.1) is 0 Å². The molecular formula is C48H35N3. The third kappa shape index (κ3) is 5.19. The largest absolute Gasteiger partial charge is 0.309 e. The van der Waals surface area contributed by atoms with Crippen LogP contribution in [0.2, 0.25) is 0 Å². The van der Waals surface area contributed by atoms with Crippen molar-refractivity contribution >= 4 is 44.9 Å². The number of pyridine rings is 1. The number of para-hydroxylation sites is 2. The normalized spacial score (nSPS) is 11.6. The Labute approximate surface area is 297 Å². The van der Waals surface area contributed by atoms with E-state index in [1.807, 2.05) is 12.3 Å². The Kier molecular flexibility index (Phi) is 7.52. The fourth-order valence-electron chi connectivity index (χ4n) is 7.51. The zero-order chi connectivity index (χ0) is 34.3. The quantitative estimate of drug-likeness (QED) is 0.168. The van der Waals surface area contributed by atoms with E-state index in [0.29, 0.717) is 0 Å². The molecule has 9 rings (SSSR count). The molecule has 3 nitrogen and oxygen atoms in total. The molecule has 51 heavy (non-hydrogen) atoms. The van der Waals surface area contributed by atoms with E-state index in [9.17, 15) is 0 Å². The molecule has 0 amide bonds. The number of fused-ring (bicyclic) bond motifs is 4. The smallest absolute Gasteiger partial charge is 0.137 e. The van der Waals surface area contributed by atoms with Gasteiger partial charge >= 0.3 is 0 Å². The second-order valence-corrected chi connectivity index (χ2v) is 12.8. The average molecular weight is 654 g/mol. The van der Waals surface area contributed by atoms with Gasteiger partial charge in [0.05, 0.1) is 22.2 Å². The van der Waals surface area contributed by atoms with E-state index < -0.39 is 0 Å². The zero-order valence-electron chi connectivity index (χ0n) is 28.4. The van der Waals surface area contributed by atoms with Gasteiger partial charge in [0.2, 0.25) is 0 Å². The molecular weight excluding hydrogens is 619 g/mol. The minimum absolute atomic E-state index is 0.878. The van der Waals surface area contributed by atoms with Crippen LogP contribution >= 0.6 is 0 Å². The number of benzene rings is 6. The molecule has 0 aliphatic heterocycles. The fraction of sp³-hybridized carbons (Fsp3) is 0.0208. The molecule has 9 aromatic rings. The minimum Gasteiger partial charge on any atom is -0.309 e. The molecule has 6 aromatic carbocycles. The summed E-state index contributed by atoms with van der Waals surface area (Å²) in [5.74, 6) is 0.878. The number of aromatic nitrogens is 3. The van der Waals surface area contributed by atoms with Gasteiger partial charge in [-0.05, 0) is 101 Å². The van der Waals surface area contributed by atoms with E-state index in [1.54, 1.807) is 0 Å². The van der Waals surface area contributed by atoms with E-state index in [-0.39, 0.29) is 0 Å². The van der Waals surface area contributed by atoms with E-state index in [1.165, 1.54) is 33.0 Å². The Balaban J connectivity index is 1.23. The van der Waals surface area contributed by atoms with Crippen LogP contribution in [0.3, 0.4) is 0 Å². The standard InChI is InChI=1S/C48H35N3/c1-3-16-44-40(4-2)42-30-47-43(31-46(42)50(44)39-21-12-7-13-22-39)41-23-14-15-24-45(41)51(47)48-26-25-35(32-49-48)38-28-36(33-17-8-5-9-18-33)27-37(29-38)34-19-10-6-11-20-34/h3-32H,2H2,1H3/b16-3-. The molecule has 0 atom stereocenters. The van der Waals surface area contributed by atoms with Crippen LogP contribution in [0.25, 0.3) is 89.7 Å². The number of rotatable bonds is 7. The summed E-state index contributed by atoms with van der Waals surface area (Å²) in [5, 5.41) is 3.53. The minimum atomic E-state index is 0.878. The van der Waals surface area contributed by atoms with Gasteiger partial charge in [-0.2, -0.15) is 0 Å². The van der Waals surface area contributed by atoms with Crippen molar-refractivity contribution in [1.82, 2.24) is 14.1 Å². The molecule has 0 unspecified atom stereocenters. The maximum Gasteiger partial charge on any atom is 0.137 e. The summed E-state index contributed by atoms with van der Waals surface area (Å²) in [6, 6.07) is 56.2. The van der Waals surface area contributed by atoms with Gasteiger partial charge in [-0.25, -0.2) is 4.98 Å². The Morgan fingerprint density at radius 1 is 0.490 bits per heavy atom. The van der Waals surface area contributed by atoms with Gasteiger partial charge in [-0.3, -0.25) is 4.57 Å². The van der Waals surface area contributed by atoms with E-state index >= 15 is 0 Å². The molecule has 0 fully saturated rings. The summed E-state index contributed by atoms with van der Waals surface area (Å²) in [5.41, 5.74) is 13.7. The van der Waals surface area contributed by atoms with Gasteiger partial charge in [-0.1, -0.05) is 116 Å². The molecule has 3 heteroatoms. The molecule has 242 valence electrons. The fourth-order valence-corrected chi connectivity index (χ4v) is 7.51. The Morgan fingerprint density at radius 2 is 1.06 bits per heavy atom. The van der Waals surface area contributed by atoms with Crippen molar-refractivity contribution in [2.24, 2.45) is 0 Å². The van der Waals surface area contributed by atoms with Crippen molar-refractivity contribution in [3.63, 3.8) is 0 Å². The first kappa shape index (κ1) is 30.4. The first-order chi connectivity index (χ1) is 25.2. The van der Waals surface area contributed by atoms with Crippen LogP contribution in [0.15, 0.2) is 177 Å². The van der Waals surface area contributed by atoms with Crippen LogP contribution in [0.1, 0.15) is 18.2 Å². The topological polar surface area (TPSA) is 22.8 Å². The Bertz CT molecular complexity index is 2670. The number of hydrogen-bond acceptors (Lipinski definition) is 1. The molecule has 0 bridgehead atoms. The van der Waals surface area contributed by atoms with Crippen molar-refractivity contribution in [3.8, 4) is 44.9 Å². The maximum atomic E-state index is 5.15. The summed E-state index contributed by atoms with van der Waals surface area (Å²) in [6.07, 6.45) is 8.27. The third-order valence-electron chi connectivity index (χ3n) is 9.84. The third-order valence-corrected chi connectivity index (χ3v) is 9.84. The SMILES string of the molecule is C=Cc1c(/C=C\C)n(-c2ccccc2)c2cc3c4ccccc4n(-c4ccc(-c5cc(-c6ccccc6)cc(-c6ccccc6)c5)cn4)c3cc12. The highest BCUT2D eigenvalue weighted by molar-refractivity contribution is 6.15. The predicted molar refractivity (Wildman–Crippen MR) is 217 cm³/mol. The van der Waals surface area contributed by atoms with Crippen molar-refractivity contribution in [1.29, 1.82) is 0 Å². The Hall–Kier alpha value is -6.71. The lowest BCUT2D eigenvalue weighted by molar-refractivity contribution is 1.08. The predicted octanol–water partition coefficient (Wildman–Crippen LogP) is 12.8. The first-order valence-corrected chi connectivity index (χ1v) is 17.4. The van der Waals surface area contributed by atoms with Gasteiger partial charge in [0.1, 0.15) is 5.82 Å². The molecule has 0 saturated heterocycles. The summed E-state index contributed by atoms with van der Waals surface area (Å²) >= 11 is 0. The summed E-state index contributed by atoms with van der Waals surface area (Å²) in [7, 11) is 0. The molecule has 0 spiro atoms. The molecule has 0 saturated carbocycles. The Morgan fingerprint density at radius 3 is 1.67 bits per heavy atom. The maximum absolute atomic E-state index is 5.15. The highest BCUT2D eigenvalue weighted by Gasteiger charge is 2.20. The van der Waals surface area contributed by atoms with E-state index in [0.717, 1.165) is 55.8 Å². The van der Waals surface area contributed by atoms with Crippen molar-refractivity contribution in [2.45, 2.75) is 6.92 Å². The van der Waals surface area contributed by atoms with Crippen LogP contribution < -0.4 is 0 Å². The molecule has 0 aliphatic carbocycles. The van der Waals surface area contributed by atoms with Gasteiger partial charge < -0.3 is 4.57 Å². The summed E-state index contributed by atoms with van der Waals surface area (Å²) in [4.78, 5) is 5.15. The zero-order valence-corrected chi connectivity index (χ0v) is 28.4. The van der Waals surface area contributed by atoms with Crippen LogP contribution in [0.5, 0.6) is 0 Å². The van der Waals surface area contributed by atoms with E-state index in [2.05, 4.69) is 193 Å². The van der Waals surface area contributed by atoms with Crippen LogP contribution in [0.4, 0.5) is 0 Å². The van der Waals surface area contributed by atoms with Gasteiger partial charge in [-0.15, -0.1) is 0 Å². The number of hydrogen-bond donors (Lipinski definition) is 0. The summed E-state index contributed by atoms with van der Waals surface area (Å²) < 4.78 is 4.64. The highest BCUT2D eigenvalue weighted by Crippen LogP contribution is 2.40. The average Bonchev–Trinajstić information content (AvgIpc) is 3.69. The van der Waals surface area contributed by atoms with E-state index in [4.69, 9.17) is 4.98 Å². The van der Waals surface area contributed by atoms with Gasteiger partial charge in [0, 0.05) is 39.2 Å². The molecule has 3 heterocycles. The molecule has 0 aliphatic rings. The molecule has 0 radical (unpaired) electrons. The number of nitrogens with zero attached hydrogens (tertiary/aromatic N) is 3.